The van der Waals surface area contributed by atoms with Crippen LogP contribution in [0.2, 0.25) is 0 Å². The largest absolute Gasteiger partial charge is 0.383 e. The molecule has 0 bridgehead atoms. The van der Waals surface area contributed by atoms with Crippen molar-refractivity contribution >= 4 is 29.8 Å². The summed E-state index contributed by atoms with van der Waals surface area (Å²) in [5, 5.41) is 3.49. The molecule has 4 rings (SSSR count). The number of fused-ring (bicyclic) bond motifs is 1. The highest BCUT2D eigenvalue weighted by Crippen LogP contribution is 2.34. The van der Waals surface area contributed by atoms with Gasteiger partial charge in [0.05, 0.1) is 0 Å². The topological polar surface area (TPSA) is 70.7 Å². The Hall–Kier alpha value is -2.60. The fraction of sp³-hybridized carbons (Fsp3) is 0.263. The molecule has 0 aliphatic carbocycles. The first kappa shape index (κ1) is 18.2. The van der Waals surface area contributed by atoms with Crippen molar-refractivity contribution in [2.24, 2.45) is 10.7 Å². The Morgan fingerprint density at radius 1 is 1.12 bits per heavy atom. The van der Waals surface area contributed by atoms with Gasteiger partial charge in [0.1, 0.15) is 17.3 Å². The van der Waals surface area contributed by atoms with Crippen LogP contribution in [-0.4, -0.2) is 35.4 Å². The Kier molecular flexibility index (Phi) is 4.87. The van der Waals surface area contributed by atoms with Crippen molar-refractivity contribution in [1.82, 2.24) is 4.90 Å². The molecule has 1 spiro atoms. The number of aliphatic imine (C=N–C) groups is 1. The van der Waals surface area contributed by atoms with Gasteiger partial charge in [-0.15, -0.1) is 12.4 Å². The normalized spacial score (nSPS) is 17.6. The van der Waals surface area contributed by atoms with Gasteiger partial charge in [-0.3, -0.25) is 4.79 Å². The highest BCUT2D eigenvalue weighted by atomic mass is 35.5. The molecule has 26 heavy (non-hydrogen) atoms. The van der Waals surface area contributed by atoms with Gasteiger partial charge >= 0.3 is 0 Å². The smallest absolute Gasteiger partial charge is 0.253 e. The van der Waals surface area contributed by atoms with Crippen LogP contribution in [-0.2, 0) is 0 Å². The lowest BCUT2D eigenvalue weighted by atomic mass is 9.93. The van der Waals surface area contributed by atoms with Gasteiger partial charge in [-0.2, -0.15) is 0 Å². The van der Waals surface area contributed by atoms with Gasteiger partial charge in [0.2, 0.25) is 0 Å². The number of para-hydroxylation sites is 1. The van der Waals surface area contributed by atoms with E-state index in [1.807, 2.05) is 24.3 Å². The van der Waals surface area contributed by atoms with E-state index in [1.165, 1.54) is 24.3 Å². The number of hydrogen-bond donors (Lipinski definition) is 2. The fourth-order valence-electron chi connectivity index (χ4n) is 3.48. The van der Waals surface area contributed by atoms with Crippen molar-refractivity contribution in [2.75, 3.05) is 18.4 Å². The first-order valence-electron chi connectivity index (χ1n) is 8.34. The molecule has 0 saturated carbocycles. The predicted octanol–water partition coefficient (Wildman–Crippen LogP) is 3.01. The van der Waals surface area contributed by atoms with Crippen molar-refractivity contribution in [2.45, 2.75) is 18.5 Å². The summed E-state index contributed by atoms with van der Waals surface area (Å²) in [4.78, 5) is 19.0. The van der Waals surface area contributed by atoms with Gasteiger partial charge in [-0.1, -0.05) is 12.1 Å². The van der Waals surface area contributed by atoms with Crippen LogP contribution in [0.1, 0.15) is 28.8 Å². The van der Waals surface area contributed by atoms with E-state index in [0.717, 1.165) is 11.3 Å². The zero-order chi connectivity index (χ0) is 17.4. The number of rotatable bonds is 1. The summed E-state index contributed by atoms with van der Waals surface area (Å²) in [7, 11) is 0. The lowest BCUT2D eigenvalue weighted by Gasteiger charge is -2.42. The minimum atomic E-state index is -0.460. The molecule has 0 radical (unpaired) electrons. The number of amides is 1. The average molecular weight is 375 g/mol. The van der Waals surface area contributed by atoms with Crippen LogP contribution >= 0.6 is 12.4 Å². The molecule has 2 aromatic carbocycles. The second-order valence-corrected chi connectivity index (χ2v) is 6.50. The van der Waals surface area contributed by atoms with Crippen molar-refractivity contribution in [1.29, 1.82) is 0 Å². The van der Waals surface area contributed by atoms with Gasteiger partial charge in [-0.05, 0) is 36.4 Å². The molecular weight excluding hydrogens is 355 g/mol. The maximum atomic E-state index is 13.0. The summed E-state index contributed by atoms with van der Waals surface area (Å²) in [6.07, 6.45) is 1.35. The van der Waals surface area contributed by atoms with Crippen LogP contribution in [0.4, 0.5) is 10.1 Å². The average Bonchev–Trinajstić information content (AvgIpc) is 2.62. The third-order valence-corrected chi connectivity index (χ3v) is 4.87. The van der Waals surface area contributed by atoms with E-state index < -0.39 is 5.66 Å². The summed E-state index contributed by atoms with van der Waals surface area (Å²) >= 11 is 0. The van der Waals surface area contributed by atoms with Crippen molar-refractivity contribution < 1.29 is 9.18 Å². The standard InChI is InChI=1S/C19H19FN4O.ClH/c20-14-7-5-13(6-8-14)18(25)24-11-9-19(10-12-24)22-16-4-2-1-3-15(16)17(21)23-19;/h1-8,22H,9-12H2,(H2,21,23);1H. The lowest BCUT2D eigenvalue weighted by molar-refractivity contribution is 0.0685. The molecule has 0 unspecified atom stereocenters. The number of nitrogens with two attached hydrogens (primary N) is 1. The zero-order valence-corrected chi connectivity index (χ0v) is 14.9. The van der Waals surface area contributed by atoms with Crippen molar-refractivity contribution in [3.05, 3.63) is 65.5 Å². The number of halogens is 2. The molecule has 0 aromatic heterocycles. The molecule has 1 amide bonds. The summed E-state index contributed by atoms with van der Waals surface area (Å²) in [5.74, 6) is 0.111. The molecule has 0 atom stereocenters. The number of likely N-dealkylation sites (tertiary alicyclic amines) is 1. The quantitative estimate of drug-likeness (QED) is 0.806. The van der Waals surface area contributed by atoms with E-state index in [1.54, 1.807) is 4.90 Å². The minimum absolute atomic E-state index is 0. The van der Waals surface area contributed by atoms with Gasteiger partial charge in [0.15, 0.2) is 0 Å². The van der Waals surface area contributed by atoms with Crippen LogP contribution in [0.3, 0.4) is 0 Å². The Morgan fingerprint density at radius 3 is 2.46 bits per heavy atom. The van der Waals surface area contributed by atoms with E-state index in [0.29, 0.717) is 37.3 Å². The molecule has 136 valence electrons. The highest BCUT2D eigenvalue weighted by Gasteiger charge is 2.38. The molecule has 2 heterocycles. The monoisotopic (exact) mass is 374 g/mol. The molecule has 7 heteroatoms. The molecular formula is C19H20ClFN4O. The van der Waals surface area contributed by atoms with E-state index in [4.69, 9.17) is 5.73 Å². The molecule has 1 fully saturated rings. The van der Waals surface area contributed by atoms with E-state index in [9.17, 15) is 9.18 Å². The first-order chi connectivity index (χ1) is 12.1. The SMILES string of the molecule is Cl.NC1=NC2(CCN(C(=O)c3ccc(F)cc3)CC2)Nc2ccccc21. The number of amidine groups is 1. The number of piperidine rings is 1. The van der Waals surface area contributed by atoms with Crippen LogP contribution in [0.15, 0.2) is 53.5 Å². The molecule has 2 aliphatic rings. The van der Waals surface area contributed by atoms with Gasteiger partial charge < -0.3 is 16.0 Å². The second kappa shape index (κ2) is 6.96. The number of anilines is 1. The summed E-state index contributed by atoms with van der Waals surface area (Å²) in [5.41, 5.74) is 8.08. The van der Waals surface area contributed by atoms with Crippen LogP contribution in [0, 0.1) is 5.82 Å². The molecule has 2 aliphatic heterocycles. The molecule has 3 N–H and O–H groups in total. The minimum Gasteiger partial charge on any atom is -0.383 e. The lowest BCUT2D eigenvalue weighted by Crippen LogP contribution is -2.52. The first-order valence-corrected chi connectivity index (χ1v) is 8.34. The summed E-state index contributed by atoms with van der Waals surface area (Å²) in [6.45, 7) is 1.14. The van der Waals surface area contributed by atoms with Crippen molar-refractivity contribution in [3.8, 4) is 0 Å². The van der Waals surface area contributed by atoms with E-state index in [2.05, 4.69) is 10.3 Å². The van der Waals surface area contributed by atoms with Gasteiger partial charge in [-0.25, -0.2) is 9.38 Å². The third kappa shape index (κ3) is 3.24. The number of carbonyl (C=O) groups excluding carboxylic acids is 1. The Labute approximate surface area is 157 Å². The highest BCUT2D eigenvalue weighted by molar-refractivity contribution is 6.04. The maximum absolute atomic E-state index is 13.0. The Balaban J connectivity index is 0.00000196. The Bertz CT molecular complexity index is 845. The molecule has 5 nitrogen and oxygen atoms in total. The number of nitrogens with zero attached hydrogens (tertiary/aromatic N) is 2. The summed E-state index contributed by atoms with van der Waals surface area (Å²) in [6, 6.07) is 13.5. The van der Waals surface area contributed by atoms with Crippen LogP contribution < -0.4 is 11.1 Å². The molecule has 2 aromatic rings. The zero-order valence-electron chi connectivity index (χ0n) is 14.1. The van der Waals surface area contributed by atoms with Gasteiger partial charge in [0.25, 0.3) is 5.91 Å². The van der Waals surface area contributed by atoms with Crippen LogP contribution in [0.5, 0.6) is 0 Å². The van der Waals surface area contributed by atoms with Gasteiger partial charge in [0, 0.05) is 42.7 Å². The second-order valence-electron chi connectivity index (χ2n) is 6.50. The van der Waals surface area contributed by atoms with Crippen LogP contribution in [0.25, 0.3) is 0 Å². The van der Waals surface area contributed by atoms with E-state index in [-0.39, 0.29) is 24.1 Å². The number of benzene rings is 2. The third-order valence-electron chi connectivity index (χ3n) is 4.87. The van der Waals surface area contributed by atoms with Crippen molar-refractivity contribution in [3.63, 3.8) is 0 Å². The fourth-order valence-corrected chi connectivity index (χ4v) is 3.48. The Morgan fingerprint density at radius 2 is 1.77 bits per heavy atom. The number of nitrogens with one attached hydrogen (secondary N) is 1. The maximum Gasteiger partial charge on any atom is 0.253 e. The van der Waals surface area contributed by atoms with E-state index >= 15 is 0 Å². The predicted molar refractivity (Wildman–Crippen MR) is 102 cm³/mol. The summed E-state index contributed by atoms with van der Waals surface area (Å²) < 4.78 is 13.0. The number of hydrogen-bond acceptors (Lipinski definition) is 4. The number of carbonyl (C=O) groups is 1. The molecule has 1 saturated heterocycles.